The highest BCUT2D eigenvalue weighted by atomic mass is 16.5. The van der Waals surface area contributed by atoms with Gasteiger partial charge >= 0.3 is 0 Å². The second-order valence-electron chi connectivity index (χ2n) is 5.12. The number of hydrogen-bond acceptors (Lipinski definition) is 5. The molecular formula is C18H17N3O3. The Morgan fingerprint density at radius 1 is 1.00 bits per heavy atom. The minimum absolute atomic E-state index is 0.180. The van der Waals surface area contributed by atoms with Gasteiger partial charge in [-0.15, -0.1) is 0 Å². The number of fused-ring (bicyclic) bond motifs is 1. The van der Waals surface area contributed by atoms with E-state index in [4.69, 9.17) is 9.47 Å². The molecule has 0 aliphatic heterocycles. The van der Waals surface area contributed by atoms with Crippen molar-refractivity contribution >= 4 is 16.9 Å². The predicted molar refractivity (Wildman–Crippen MR) is 90.3 cm³/mol. The first-order valence-electron chi connectivity index (χ1n) is 7.41. The molecule has 0 aliphatic carbocycles. The number of nitrogens with one attached hydrogen (secondary N) is 1. The summed E-state index contributed by atoms with van der Waals surface area (Å²) in [5, 5.41) is 2.88. The van der Waals surface area contributed by atoms with Crippen LogP contribution in [-0.4, -0.2) is 30.1 Å². The van der Waals surface area contributed by atoms with Crippen LogP contribution in [0.4, 0.5) is 0 Å². The Bertz CT molecular complexity index is 880. The average Bonchev–Trinajstić information content (AvgIpc) is 2.65. The van der Waals surface area contributed by atoms with Crippen molar-refractivity contribution in [1.29, 1.82) is 0 Å². The molecule has 0 aliphatic rings. The van der Waals surface area contributed by atoms with Gasteiger partial charge in [-0.25, -0.2) is 0 Å². The Kier molecular flexibility index (Phi) is 4.56. The summed E-state index contributed by atoms with van der Waals surface area (Å²) in [6, 6.07) is 10.7. The van der Waals surface area contributed by atoms with Gasteiger partial charge in [-0.1, -0.05) is 0 Å². The van der Waals surface area contributed by atoms with Crippen LogP contribution in [-0.2, 0) is 6.54 Å². The smallest absolute Gasteiger partial charge is 0.251 e. The predicted octanol–water partition coefficient (Wildman–Crippen LogP) is 2.58. The monoisotopic (exact) mass is 323 g/mol. The van der Waals surface area contributed by atoms with Crippen LogP contribution in [0, 0.1) is 0 Å². The molecule has 0 fully saturated rings. The van der Waals surface area contributed by atoms with Crippen LogP contribution in [0.2, 0.25) is 0 Å². The summed E-state index contributed by atoms with van der Waals surface area (Å²) in [6.45, 7) is 0.352. The third kappa shape index (κ3) is 3.27. The Hall–Kier alpha value is -3.15. The maximum atomic E-state index is 12.4. The molecule has 6 heteroatoms. The highest BCUT2D eigenvalue weighted by Crippen LogP contribution is 2.24. The van der Waals surface area contributed by atoms with Gasteiger partial charge in [0.05, 0.1) is 25.3 Å². The Balaban J connectivity index is 1.75. The lowest BCUT2D eigenvalue weighted by molar-refractivity contribution is 0.0951. The molecule has 0 saturated carbocycles. The lowest BCUT2D eigenvalue weighted by Crippen LogP contribution is -2.23. The van der Waals surface area contributed by atoms with Crippen molar-refractivity contribution in [3.8, 4) is 11.5 Å². The van der Waals surface area contributed by atoms with Gasteiger partial charge in [0.25, 0.3) is 5.91 Å². The SMILES string of the molecule is COc1ccc(CNC(=O)c2ccc3nccnc3c2)c(OC)c1. The number of methoxy groups -OCH3 is 2. The lowest BCUT2D eigenvalue weighted by atomic mass is 10.1. The zero-order valence-electron chi connectivity index (χ0n) is 13.4. The van der Waals surface area contributed by atoms with Crippen LogP contribution in [0.5, 0.6) is 11.5 Å². The molecule has 0 spiro atoms. The highest BCUT2D eigenvalue weighted by molar-refractivity contribution is 5.97. The van der Waals surface area contributed by atoms with E-state index in [0.29, 0.717) is 29.1 Å². The fourth-order valence-electron chi connectivity index (χ4n) is 2.38. The zero-order valence-corrected chi connectivity index (χ0v) is 13.4. The van der Waals surface area contributed by atoms with E-state index in [0.717, 1.165) is 11.1 Å². The Labute approximate surface area is 139 Å². The van der Waals surface area contributed by atoms with Gasteiger partial charge in [0.2, 0.25) is 0 Å². The number of aromatic nitrogens is 2. The summed E-state index contributed by atoms with van der Waals surface area (Å²) < 4.78 is 10.5. The summed E-state index contributed by atoms with van der Waals surface area (Å²) in [5.74, 6) is 1.19. The number of ether oxygens (including phenoxy) is 2. The summed E-state index contributed by atoms with van der Waals surface area (Å²) >= 11 is 0. The van der Waals surface area contributed by atoms with Crippen molar-refractivity contribution in [3.05, 3.63) is 59.9 Å². The van der Waals surface area contributed by atoms with Crippen molar-refractivity contribution in [1.82, 2.24) is 15.3 Å². The first-order chi connectivity index (χ1) is 11.7. The minimum atomic E-state index is -0.180. The van der Waals surface area contributed by atoms with E-state index < -0.39 is 0 Å². The molecule has 1 heterocycles. The van der Waals surface area contributed by atoms with E-state index in [-0.39, 0.29) is 5.91 Å². The molecule has 3 aromatic rings. The maximum Gasteiger partial charge on any atom is 0.251 e. The zero-order chi connectivity index (χ0) is 16.9. The molecule has 122 valence electrons. The number of amides is 1. The maximum absolute atomic E-state index is 12.4. The van der Waals surface area contributed by atoms with Crippen LogP contribution in [0.15, 0.2) is 48.8 Å². The first-order valence-corrected chi connectivity index (χ1v) is 7.41. The van der Waals surface area contributed by atoms with Crippen molar-refractivity contribution in [2.24, 2.45) is 0 Å². The molecule has 6 nitrogen and oxygen atoms in total. The van der Waals surface area contributed by atoms with Gasteiger partial charge in [0.15, 0.2) is 0 Å². The Morgan fingerprint density at radius 2 is 1.79 bits per heavy atom. The van der Waals surface area contributed by atoms with E-state index in [1.165, 1.54) is 0 Å². The van der Waals surface area contributed by atoms with Crippen LogP contribution >= 0.6 is 0 Å². The van der Waals surface area contributed by atoms with E-state index in [2.05, 4.69) is 15.3 Å². The summed E-state index contributed by atoms with van der Waals surface area (Å²) in [7, 11) is 3.18. The van der Waals surface area contributed by atoms with E-state index in [1.807, 2.05) is 12.1 Å². The van der Waals surface area contributed by atoms with Gasteiger partial charge in [-0.2, -0.15) is 0 Å². The quantitative estimate of drug-likeness (QED) is 0.781. The number of rotatable bonds is 5. The molecular weight excluding hydrogens is 306 g/mol. The minimum Gasteiger partial charge on any atom is -0.497 e. The van der Waals surface area contributed by atoms with E-state index >= 15 is 0 Å². The van der Waals surface area contributed by atoms with Crippen LogP contribution in [0.3, 0.4) is 0 Å². The third-order valence-electron chi connectivity index (χ3n) is 3.67. The molecule has 0 saturated heterocycles. The second kappa shape index (κ2) is 6.95. The summed E-state index contributed by atoms with van der Waals surface area (Å²) in [6.07, 6.45) is 3.23. The normalized spacial score (nSPS) is 10.4. The fourth-order valence-corrected chi connectivity index (χ4v) is 2.38. The van der Waals surface area contributed by atoms with Crippen molar-refractivity contribution in [3.63, 3.8) is 0 Å². The second-order valence-corrected chi connectivity index (χ2v) is 5.12. The van der Waals surface area contributed by atoms with Gasteiger partial charge in [-0.05, 0) is 30.3 Å². The summed E-state index contributed by atoms with van der Waals surface area (Å²) in [5.41, 5.74) is 2.85. The molecule has 2 aromatic carbocycles. The molecule has 1 amide bonds. The number of benzene rings is 2. The molecule has 1 aromatic heterocycles. The molecule has 1 N–H and O–H groups in total. The molecule has 3 rings (SSSR count). The van der Waals surface area contributed by atoms with Crippen molar-refractivity contribution in [2.45, 2.75) is 6.54 Å². The number of nitrogens with zero attached hydrogens (tertiary/aromatic N) is 2. The lowest BCUT2D eigenvalue weighted by Gasteiger charge is -2.11. The largest absolute Gasteiger partial charge is 0.497 e. The van der Waals surface area contributed by atoms with Crippen LogP contribution in [0.1, 0.15) is 15.9 Å². The molecule has 24 heavy (non-hydrogen) atoms. The number of carbonyl (C=O) groups excluding carboxylic acids is 1. The Morgan fingerprint density at radius 3 is 2.54 bits per heavy atom. The highest BCUT2D eigenvalue weighted by Gasteiger charge is 2.10. The number of carbonyl (C=O) groups is 1. The van der Waals surface area contributed by atoms with E-state index in [1.54, 1.807) is 50.9 Å². The molecule has 0 atom stereocenters. The van der Waals surface area contributed by atoms with Gasteiger partial charge in [-0.3, -0.25) is 14.8 Å². The fraction of sp³-hybridized carbons (Fsp3) is 0.167. The van der Waals surface area contributed by atoms with E-state index in [9.17, 15) is 4.79 Å². The van der Waals surface area contributed by atoms with Crippen molar-refractivity contribution in [2.75, 3.05) is 14.2 Å². The van der Waals surface area contributed by atoms with Gasteiger partial charge < -0.3 is 14.8 Å². The summed E-state index contributed by atoms with van der Waals surface area (Å²) in [4.78, 5) is 20.8. The van der Waals surface area contributed by atoms with Crippen LogP contribution < -0.4 is 14.8 Å². The third-order valence-corrected chi connectivity index (χ3v) is 3.67. The van der Waals surface area contributed by atoms with Gasteiger partial charge in [0.1, 0.15) is 11.5 Å². The van der Waals surface area contributed by atoms with Crippen molar-refractivity contribution < 1.29 is 14.3 Å². The van der Waals surface area contributed by atoms with Crippen LogP contribution in [0.25, 0.3) is 11.0 Å². The topological polar surface area (TPSA) is 73.3 Å². The molecule has 0 radical (unpaired) electrons. The standard InChI is InChI=1S/C18H17N3O3/c1-23-14-5-3-13(17(10-14)24-2)11-21-18(22)12-4-6-15-16(9-12)20-8-7-19-15/h3-10H,11H2,1-2H3,(H,21,22). The molecule has 0 unspecified atom stereocenters. The molecule has 0 bridgehead atoms. The number of hydrogen-bond donors (Lipinski definition) is 1. The first kappa shape index (κ1) is 15.7. The van der Waals surface area contributed by atoms with Gasteiger partial charge in [0, 0.05) is 36.1 Å². The average molecular weight is 323 g/mol.